The highest BCUT2D eigenvalue weighted by atomic mass is 32.2. The van der Waals surface area contributed by atoms with Crippen molar-refractivity contribution >= 4 is 45.7 Å². The van der Waals surface area contributed by atoms with Gasteiger partial charge in [-0.1, -0.05) is 41.6 Å². The molecular weight excluding hydrogens is 514 g/mol. The molecule has 2 heterocycles. The van der Waals surface area contributed by atoms with Crippen LogP contribution in [-0.4, -0.2) is 42.2 Å². The number of anilines is 1. The summed E-state index contributed by atoms with van der Waals surface area (Å²) in [7, 11) is 1.77. The van der Waals surface area contributed by atoms with Crippen molar-refractivity contribution in [1.82, 2.24) is 25.1 Å². The highest BCUT2D eigenvalue weighted by Gasteiger charge is 2.16. The van der Waals surface area contributed by atoms with Crippen molar-refractivity contribution in [3.63, 3.8) is 0 Å². The average molecular weight is 538 g/mol. The third-order valence-corrected chi connectivity index (χ3v) is 7.17. The molecule has 0 aliphatic carbocycles. The van der Waals surface area contributed by atoms with Crippen molar-refractivity contribution < 1.29 is 14.5 Å². The van der Waals surface area contributed by atoms with Gasteiger partial charge in [-0.3, -0.25) is 19.7 Å². The molecule has 0 saturated heterocycles. The van der Waals surface area contributed by atoms with E-state index < -0.39 is 4.92 Å². The van der Waals surface area contributed by atoms with Crippen LogP contribution in [0.1, 0.15) is 27.3 Å². The number of amides is 2. The maximum absolute atomic E-state index is 12.5. The Hall–Kier alpha value is -4.10. The van der Waals surface area contributed by atoms with Crippen molar-refractivity contribution in [1.29, 1.82) is 0 Å². The van der Waals surface area contributed by atoms with Crippen LogP contribution in [-0.2, 0) is 18.4 Å². The van der Waals surface area contributed by atoms with Crippen molar-refractivity contribution in [2.24, 2.45) is 7.05 Å². The van der Waals surface area contributed by atoms with Gasteiger partial charge in [0, 0.05) is 35.2 Å². The Bertz CT molecular complexity index is 1480. The van der Waals surface area contributed by atoms with Gasteiger partial charge in [-0.05, 0) is 26.0 Å². The smallest absolute Gasteiger partial charge is 0.272 e. The van der Waals surface area contributed by atoms with Crippen molar-refractivity contribution in [2.45, 2.75) is 25.5 Å². The number of thioether (sulfide) groups is 1. The molecule has 0 radical (unpaired) electrons. The number of carbonyl (C=O) groups is 2. The van der Waals surface area contributed by atoms with E-state index in [9.17, 15) is 19.7 Å². The van der Waals surface area contributed by atoms with Crippen LogP contribution in [0.25, 0.3) is 11.3 Å². The minimum atomic E-state index is -0.430. The molecule has 0 fully saturated rings. The second-order valence-electron chi connectivity index (χ2n) is 8.14. The normalized spacial score (nSPS) is 10.8. The quantitative estimate of drug-likeness (QED) is 0.184. The molecule has 0 aliphatic rings. The second-order valence-corrected chi connectivity index (χ2v) is 9.94. The Kier molecular flexibility index (Phi) is 7.94. The molecule has 2 aromatic carbocycles. The molecule has 2 N–H and O–H groups in total. The van der Waals surface area contributed by atoms with Gasteiger partial charge in [0.1, 0.15) is 0 Å². The minimum absolute atomic E-state index is 0.0188. The topological polar surface area (TPSA) is 145 Å². The predicted octanol–water partition coefficient (Wildman–Crippen LogP) is 4.12. The molecule has 190 valence electrons. The van der Waals surface area contributed by atoms with Crippen LogP contribution in [0.3, 0.4) is 0 Å². The van der Waals surface area contributed by atoms with Gasteiger partial charge in [0.2, 0.25) is 5.91 Å². The number of nitro groups is 1. The first-order valence-corrected chi connectivity index (χ1v) is 12.9. The summed E-state index contributed by atoms with van der Waals surface area (Å²) in [5.74, 6) is 0.147. The summed E-state index contributed by atoms with van der Waals surface area (Å²) in [6.45, 7) is 3.79. The van der Waals surface area contributed by atoms with E-state index >= 15 is 0 Å². The van der Waals surface area contributed by atoms with Gasteiger partial charge in [0.15, 0.2) is 16.1 Å². The first-order valence-electron chi connectivity index (χ1n) is 11.1. The molecule has 37 heavy (non-hydrogen) atoms. The number of aromatic nitrogens is 4. The number of rotatable bonds is 9. The number of aryl methyl sites for hydroxylation is 2. The Morgan fingerprint density at radius 1 is 1.16 bits per heavy atom. The lowest BCUT2D eigenvalue weighted by Gasteiger charge is -2.06. The number of nitrogens with one attached hydrogen (secondary N) is 2. The van der Waals surface area contributed by atoms with Gasteiger partial charge in [-0.2, -0.15) is 0 Å². The fourth-order valence-corrected chi connectivity index (χ4v) is 4.85. The lowest BCUT2D eigenvalue weighted by Crippen LogP contribution is -2.24. The number of hydrogen-bond acceptors (Lipinski definition) is 9. The number of benzene rings is 2. The Morgan fingerprint density at radius 3 is 2.73 bits per heavy atom. The molecular formula is C24H23N7O4S2. The molecule has 0 aliphatic heterocycles. The fraction of sp³-hybridized carbons (Fsp3) is 0.208. The van der Waals surface area contributed by atoms with Gasteiger partial charge >= 0.3 is 0 Å². The zero-order valence-corrected chi connectivity index (χ0v) is 21.9. The fourth-order valence-electron chi connectivity index (χ4n) is 3.39. The van der Waals surface area contributed by atoms with Crippen LogP contribution in [0.5, 0.6) is 0 Å². The maximum Gasteiger partial charge on any atom is 0.272 e. The number of carbonyl (C=O) groups excluding carboxylic acids is 2. The lowest BCUT2D eigenvalue weighted by molar-refractivity contribution is -0.385. The van der Waals surface area contributed by atoms with Crippen LogP contribution in [0.4, 0.5) is 10.8 Å². The molecule has 11 nitrogen and oxygen atoms in total. The summed E-state index contributed by atoms with van der Waals surface area (Å²) in [6.07, 6.45) is 0. The highest BCUT2D eigenvalue weighted by Crippen LogP contribution is 2.29. The van der Waals surface area contributed by atoms with Crippen LogP contribution >= 0.6 is 23.1 Å². The van der Waals surface area contributed by atoms with Gasteiger partial charge in [-0.25, -0.2) is 4.98 Å². The maximum atomic E-state index is 12.5. The number of hydrogen-bond donors (Lipinski definition) is 2. The third kappa shape index (κ3) is 6.37. The lowest BCUT2D eigenvalue weighted by atomic mass is 10.1. The Balaban J connectivity index is 1.31. The van der Waals surface area contributed by atoms with E-state index in [1.165, 1.54) is 29.2 Å². The number of nitro benzene ring substituents is 1. The number of thiazole rings is 1. The summed E-state index contributed by atoms with van der Waals surface area (Å²) >= 11 is 2.44. The average Bonchev–Trinajstić information content (AvgIpc) is 3.47. The van der Waals surface area contributed by atoms with E-state index in [1.807, 2.05) is 25.1 Å². The summed E-state index contributed by atoms with van der Waals surface area (Å²) in [4.78, 5) is 40.0. The highest BCUT2D eigenvalue weighted by molar-refractivity contribution is 7.99. The number of nitrogens with zero attached hydrogens (tertiary/aromatic N) is 5. The van der Waals surface area contributed by atoms with E-state index in [4.69, 9.17) is 0 Å². The van der Waals surface area contributed by atoms with Crippen molar-refractivity contribution in [3.05, 3.63) is 80.5 Å². The second kappa shape index (κ2) is 11.3. The van der Waals surface area contributed by atoms with Crippen molar-refractivity contribution in [2.75, 3.05) is 11.1 Å². The molecule has 4 aromatic rings. The van der Waals surface area contributed by atoms with Crippen LogP contribution in [0.2, 0.25) is 0 Å². The monoisotopic (exact) mass is 537 g/mol. The first-order chi connectivity index (χ1) is 17.7. The minimum Gasteiger partial charge on any atom is -0.345 e. The molecule has 0 bridgehead atoms. The van der Waals surface area contributed by atoms with Crippen LogP contribution < -0.4 is 10.6 Å². The standard InChI is InChI=1S/C24H23N7O4S2/c1-14-5-4-6-17(9-14)22(33)25-11-20-28-29-24(30(20)3)37-13-21(32)27-23-26-18(12-36-23)16-8-7-15(2)19(10-16)31(34)35/h4-10,12H,11,13H2,1-3H3,(H,25,33)(H,26,27,32). The molecule has 0 spiro atoms. The van der Waals surface area contributed by atoms with Gasteiger partial charge < -0.3 is 15.2 Å². The van der Waals surface area contributed by atoms with E-state index in [2.05, 4.69) is 25.8 Å². The predicted molar refractivity (Wildman–Crippen MR) is 142 cm³/mol. The van der Waals surface area contributed by atoms with Gasteiger partial charge in [-0.15, -0.1) is 21.5 Å². The van der Waals surface area contributed by atoms with E-state index in [0.29, 0.717) is 38.5 Å². The largest absolute Gasteiger partial charge is 0.345 e. The summed E-state index contributed by atoms with van der Waals surface area (Å²) in [5, 5.41) is 27.6. The zero-order chi connectivity index (χ0) is 26.5. The summed E-state index contributed by atoms with van der Waals surface area (Å²) in [5.41, 5.74) is 3.29. The molecule has 4 rings (SSSR count). The van der Waals surface area contributed by atoms with Crippen LogP contribution in [0.15, 0.2) is 53.0 Å². The molecule has 2 aromatic heterocycles. The third-order valence-electron chi connectivity index (χ3n) is 5.40. The van der Waals surface area contributed by atoms with Gasteiger partial charge in [0.05, 0.1) is 22.9 Å². The van der Waals surface area contributed by atoms with Gasteiger partial charge in [0.25, 0.3) is 11.6 Å². The SMILES string of the molecule is Cc1cccc(C(=O)NCc2nnc(SCC(=O)Nc3nc(-c4ccc(C)c([N+](=O)[O-])c4)cs3)n2C)c1. The molecule has 0 saturated carbocycles. The molecule has 0 atom stereocenters. The Morgan fingerprint density at radius 2 is 1.97 bits per heavy atom. The Labute approximate surface area is 220 Å². The molecule has 2 amide bonds. The van der Waals surface area contributed by atoms with E-state index in [-0.39, 0.29) is 29.8 Å². The summed E-state index contributed by atoms with van der Waals surface area (Å²) in [6, 6.07) is 12.2. The summed E-state index contributed by atoms with van der Waals surface area (Å²) < 4.78 is 1.72. The van der Waals surface area contributed by atoms with Crippen LogP contribution in [0, 0.1) is 24.0 Å². The van der Waals surface area contributed by atoms with E-state index in [1.54, 1.807) is 42.1 Å². The zero-order valence-electron chi connectivity index (χ0n) is 20.2. The van der Waals surface area contributed by atoms with Crippen molar-refractivity contribution in [3.8, 4) is 11.3 Å². The van der Waals surface area contributed by atoms with E-state index in [0.717, 1.165) is 5.56 Å². The molecule has 0 unspecified atom stereocenters. The molecule has 13 heteroatoms. The first kappa shape index (κ1) is 26.0.